The third-order valence-corrected chi connectivity index (χ3v) is 1.30. The zero-order valence-corrected chi connectivity index (χ0v) is 6.38. The van der Waals surface area contributed by atoms with Crippen molar-refractivity contribution in [2.75, 3.05) is 7.11 Å². The standard InChI is InChI=1S/C4H3F8NO/c1-14-2(13(11)12,3(5,6)7)4(8,9)10/h1H3. The summed E-state index contributed by atoms with van der Waals surface area (Å²) in [5.41, 5.74) is -5.58. The molecule has 0 aliphatic rings. The molecule has 0 aromatic rings. The lowest BCUT2D eigenvalue weighted by Crippen LogP contribution is -2.64. The Bertz CT molecular complexity index is 180. The van der Waals surface area contributed by atoms with Gasteiger partial charge in [0.15, 0.2) is 0 Å². The normalized spacial score (nSPS) is 15.0. The van der Waals surface area contributed by atoms with Gasteiger partial charge in [-0.25, -0.2) is 0 Å². The Hall–Kier alpha value is -0.640. The van der Waals surface area contributed by atoms with Gasteiger partial charge in [-0.2, -0.15) is 26.3 Å². The highest BCUT2D eigenvalue weighted by Gasteiger charge is 2.78. The fourth-order valence-electron chi connectivity index (χ4n) is 0.653. The van der Waals surface area contributed by atoms with Crippen molar-refractivity contribution in [1.29, 1.82) is 0 Å². The first-order chi connectivity index (χ1) is 6.00. The molecule has 0 radical (unpaired) electrons. The molecule has 0 aromatic carbocycles. The zero-order valence-electron chi connectivity index (χ0n) is 6.38. The summed E-state index contributed by atoms with van der Waals surface area (Å²) in [7, 11) is -0.118. The van der Waals surface area contributed by atoms with Crippen LogP contribution >= 0.6 is 0 Å². The molecule has 0 fully saturated rings. The molecule has 0 saturated carbocycles. The molecule has 0 heterocycles. The first-order valence-electron chi connectivity index (χ1n) is 2.81. The summed E-state index contributed by atoms with van der Waals surface area (Å²) in [6.07, 6.45) is -12.6. The molecular weight excluding hydrogens is 230 g/mol. The van der Waals surface area contributed by atoms with Crippen LogP contribution in [0.25, 0.3) is 0 Å². The molecule has 0 N–H and O–H groups in total. The van der Waals surface area contributed by atoms with Crippen LogP contribution in [0.1, 0.15) is 0 Å². The first-order valence-corrected chi connectivity index (χ1v) is 2.81. The second-order valence-electron chi connectivity index (χ2n) is 2.08. The van der Waals surface area contributed by atoms with Crippen LogP contribution in [0.3, 0.4) is 0 Å². The molecule has 0 unspecified atom stereocenters. The van der Waals surface area contributed by atoms with Gasteiger partial charge in [-0.05, 0) is 0 Å². The average Bonchev–Trinajstić information content (AvgIpc) is 1.80. The molecule has 0 aromatic heterocycles. The molecule has 0 spiro atoms. The van der Waals surface area contributed by atoms with Crippen molar-refractivity contribution < 1.29 is 40.0 Å². The quantitative estimate of drug-likeness (QED) is 0.412. The third-order valence-electron chi connectivity index (χ3n) is 1.30. The van der Waals surface area contributed by atoms with Gasteiger partial charge in [0.05, 0.1) is 5.34 Å². The number of methoxy groups -OCH3 is 1. The maximum atomic E-state index is 11.8. The minimum atomic E-state index is -6.30. The average molecular weight is 233 g/mol. The van der Waals surface area contributed by atoms with E-state index in [0.717, 1.165) is 0 Å². The molecular formula is C4H3F8NO. The summed E-state index contributed by atoms with van der Waals surface area (Å²) in [6, 6.07) is 0. The van der Waals surface area contributed by atoms with E-state index in [1.54, 1.807) is 0 Å². The van der Waals surface area contributed by atoms with E-state index in [0.29, 0.717) is 0 Å². The molecule has 0 aliphatic heterocycles. The lowest BCUT2D eigenvalue weighted by Gasteiger charge is -2.34. The summed E-state index contributed by atoms with van der Waals surface area (Å²) < 4.78 is 96.6. The molecule has 2 nitrogen and oxygen atoms in total. The van der Waals surface area contributed by atoms with E-state index in [1.807, 2.05) is 0 Å². The minimum Gasteiger partial charge on any atom is -0.344 e. The van der Waals surface area contributed by atoms with Gasteiger partial charge in [0, 0.05) is 7.11 Å². The largest absolute Gasteiger partial charge is 0.446 e. The van der Waals surface area contributed by atoms with Crippen molar-refractivity contribution >= 4 is 0 Å². The van der Waals surface area contributed by atoms with Gasteiger partial charge in [-0.15, -0.1) is 0 Å². The van der Waals surface area contributed by atoms with Gasteiger partial charge in [0.2, 0.25) is 0 Å². The third kappa shape index (κ3) is 1.75. The van der Waals surface area contributed by atoms with Crippen LogP contribution in [0, 0.1) is 0 Å². The van der Waals surface area contributed by atoms with Crippen molar-refractivity contribution in [1.82, 2.24) is 5.34 Å². The van der Waals surface area contributed by atoms with Crippen molar-refractivity contribution in [2.24, 2.45) is 0 Å². The molecule has 0 bridgehead atoms. The summed E-state index contributed by atoms with van der Waals surface area (Å²) in [4.78, 5) is 0. The monoisotopic (exact) mass is 233 g/mol. The van der Waals surface area contributed by atoms with Crippen molar-refractivity contribution in [2.45, 2.75) is 18.1 Å². The van der Waals surface area contributed by atoms with Gasteiger partial charge in [0.1, 0.15) is 0 Å². The summed E-state index contributed by atoms with van der Waals surface area (Å²) in [6.45, 7) is 0. The number of ether oxygens (including phenoxy) is 1. The molecule has 0 saturated heterocycles. The molecule has 10 heteroatoms. The maximum Gasteiger partial charge on any atom is 0.446 e. The van der Waals surface area contributed by atoms with Crippen LogP contribution in [0.2, 0.25) is 0 Å². The highest BCUT2D eigenvalue weighted by molar-refractivity contribution is 4.90. The van der Waals surface area contributed by atoms with Gasteiger partial charge in [0.25, 0.3) is 0 Å². The Labute approximate surface area is 71.9 Å². The van der Waals surface area contributed by atoms with E-state index in [4.69, 9.17) is 0 Å². The van der Waals surface area contributed by atoms with Gasteiger partial charge < -0.3 is 4.74 Å². The fraction of sp³-hybridized carbons (Fsp3) is 1.00. The molecule has 0 aliphatic carbocycles. The predicted octanol–water partition coefficient (Wildman–Crippen LogP) is 2.52. The van der Waals surface area contributed by atoms with Crippen LogP contribution in [0.15, 0.2) is 0 Å². The predicted molar refractivity (Wildman–Crippen MR) is 25.9 cm³/mol. The summed E-state index contributed by atoms with van der Waals surface area (Å²) >= 11 is 0. The number of halogens is 8. The highest BCUT2D eigenvalue weighted by Crippen LogP contribution is 2.48. The zero-order chi connectivity index (χ0) is 11.8. The minimum absolute atomic E-state index is 0.118. The highest BCUT2D eigenvalue weighted by atomic mass is 19.4. The number of rotatable bonds is 2. The fourth-order valence-corrected chi connectivity index (χ4v) is 0.653. The first kappa shape index (κ1) is 13.4. The van der Waals surface area contributed by atoms with Crippen LogP contribution in [0.5, 0.6) is 0 Å². The number of hydrogen-bond donors (Lipinski definition) is 0. The Balaban J connectivity index is 5.45. The van der Waals surface area contributed by atoms with Crippen molar-refractivity contribution in [3.63, 3.8) is 0 Å². The smallest absolute Gasteiger partial charge is 0.344 e. The van der Waals surface area contributed by atoms with Crippen LogP contribution in [0.4, 0.5) is 35.3 Å². The maximum absolute atomic E-state index is 11.8. The van der Waals surface area contributed by atoms with E-state index in [1.165, 1.54) is 0 Å². The second-order valence-corrected chi connectivity index (χ2v) is 2.08. The number of alkyl halides is 6. The van der Waals surface area contributed by atoms with Gasteiger partial charge in [-0.1, -0.05) is 8.96 Å². The Morgan fingerprint density at radius 3 is 1.14 bits per heavy atom. The van der Waals surface area contributed by atoms with E-state index < -0.39 is 23.4 Å². The Morgan fingerprint density at radius 1 is 0.857 bits per heavy atom. The van der Waals surface area contributed by atoms with Crippen LogP contribution in [-0.4, -0.2) is 30.5 Å². The lowest BCUT2D eigenvalue weighted by atomic mass is 10.2. The van der Waals surface area contributed by atoms with E-state index in [2.05, 4.69) is 4.74 Å². The Kier molecular flexibility index (Phi) is 3.34. The van der Waals surface area contributed by atoms with Crippen molar-refractivity contribution in [3.05, 3.63) is 0 Å². The Morgan fingerprint density at radius 2 is 1.14 bits per heavy atom. The van der Waals surface area contributed by atoms with Gasteiger partial charge in [-0.3, -0.25) is 0 Å². The van der Waals surface area contributed by atoms with E-state index in [9.17, 15) is 35.3 Å². The van der Waals surface area contributed by atoms with E-state index >= 15 is 0 Å². The number of nitrogens with zero attached hydrogens (tertiary/aromatic N) is 1. The van der Waals surface area contributed by atoms with E-state index in [-0.39, 0.29) is 7.11 Å². The van der Waals surface area contributed by atoms with Crippen LogP contribution < -0.4 is 0 Å². The summed E-state index contributed by atoms with van der Waals surface area (Å²) in [5.74, 6) is 0. The second kappa shape index (κ2) is 3.50. The summed E-state index contributed by atoms with van der Waals surface area (Å²) in [5, 5.41) is -3.06. The topological polar surface area (TPSA) is 12.5 Å². The number of hydrogen-bond acceptors (Lipinski definition) is 2. The molecule has 0 rings (SSSR count). The molecule has 14 heavy (non-hydrogen) atoms. The van der Waals surface area contributed by atoms with Crippen LogP contribution in [-0.2, 0) is 4.74 Å². The molecule has 0 atom stereocenters. The molecule has 86 valence electrons. The molecule has 0 amide bonds. The SMILES string of the molecule is COC(N(F)F)(C(F)(F)F)C(F)(F)F. The lowest BCUT2D eigenvalue weighted by molar-refractivity contribution is -0.485. The van der Waals surface area contributed by atoms with Gasteiger partial charge >= 0.3 is 18.1 Å². The van der Waals surface area contributed by atoms with Crippen molar-refractivity contribution in [3.8, 4) is 0 Å².